The zero-order valence-corrected chi connectivity index (χ0v) is 8.19. The number of ether oxygens (including phenoxy) is 2. The molecule has 0 aliphatic carbocycles. The molecule has 1 aromatic rings. The maximum atomic E-state index is 5.54. The van der Waals surface area contributed by atoms with Crippen molar-refractivity contribution in [3.05, 3.63) is 35.9 Å². The predicted octanol–water partition coefficient (Wildman–Crippen LogP) is 2.24. The molecule has 1 atom stereocenters. The van der Waals surface area contributed by atoms with Crippen molar-refractivity contribution < 1.29 is 9.47 Å². The fourth-order valence-corrected chi connectivity index (χ4v) is 1.10. The molecule has 72 valence electrons. The molecule has 2 nitrogen and oxygen atoms in total. The Morgan fingerprint density at radius 3 is 2.54 bits per heavy atom. The number of hydrogen-bond donors (Lipinski definition) is 0. The van der Waals surface area contributed by atoms with E-state index in [4.69, 9.17) is 9.47 Å². The lowest BCUT2D eigenvalue weighted by atomic mass is 10.2. The lowest BCUT2D eigenvalue weighted by molar-refractivity contribution is -0.000124. The Balaban J connectivity index is 2.27. The van der Waals surface area contributed by atoms with Gasteiger partial charge in [-0.2, -0.15) is 0 Å². The van der Waals surface area contributed by atoms with E-state index in [0.29, 0.717) is 13.2 Å². The van der Waals surface area contributed by atoms with Crippen LogP contribution in [-0.2, 0) is 16.1 Å². The van der Waals surface area contributed by atoms with E-state index in [-0.39, 0.29) is 6.10 Å². The summed E-state index contributed by atoms with van der Waals surface area (Å²) in [6, 6.07) is 10.1. The second-order valence-corrected chi connectivity index (χ2v) is 3.06. The average Bonchev–Trinajstić information content (AvgIpc) is 2.17. The van der Waals surface area contributed by atoms with Gasteiger partial charge in [-0.25, -0.2) is 0 Å². The summed E-state index contributed by atoms with van der Waals surface area (Å²) < 4.78 is 10.5. The van der Waals surface area contributed by atoms with E-state index < -0.39 is 0 Å². The third-order valence-corrected chi connectivity index (χ3v) is 1.78. The largest absolute Gasteiger partial charge is 0.382 e. The van der Waals surface area contributed by atoms with Crippen LogP contribution in [0.15, 0.2) is 30.3 Å². The Morgan fingerprint density at radius 2 is 1.92 bits per heavy atom. The van der Waals surface area contributed by atoms with Gasteiger partial charge in [0.1, 0.15) is 0 Å². The minimum atomic E-state index is 0.158. The summed E-state index contributed by atoms with van der Waals surface area (Å²) in [5.41, 5.74) is 1.20. The van der Waals surface area contributed by atoms with E-state index >= 15 is 0 Å². The highest BCUT2D eigenvalue weighted by atomic mass is 16.5. The predicted molar refractivity (Wildman–Crippen MR) is 52.6 cm³/mol. The molecule has 13 heavy (non-hydrogen) atoms. The molecule has 1 rings (SSSR count). The summed E-state index contributed by atoms with van der Waals surface area (Å²) >= 11 is 0. The van der Waals surface area contributed by atoms with Crippen LogP contribution in [0.1, 0.15) is 12.5 Å². The van der Waals surface area contributed by atoms with Crippen molar-refractivity contribution in [3.63, 3.8) is 0 Å². The van der Waals surface area contributed by atoms with Gasteiger partial charge in [0.05, 0.1) is 19.3 Å². The Morgan fingerprint density at radius 1 is 1.23 bits per heavy atom. The molecule has 0 saturated heterocycles. The van der Waals surface area contributed by atoms with Crippen LogP contribution >= 0.6 is 0 Å². The van der Waals surface area contributed by atoms with Crippen LogP contribution in [-0.4, -0.2) is 19.8 Å². The van der Waals surface area contributed by atoms with Crippen LogP contribution < -0.4 is 0 Å². The van der Waals surface area contributed by atoms with Crippen molar-refractivity contribution in [2.45, 2.75) is 19.6 Å². The van der Waals surface area contributed by atoms with E-state index in [0.717, 1.165) is 0 Å². The molecule has 0 fully saturated rings. The highest BCUT2D eigenvalue weighted by molar-refractivity contribution is 5.13. The molecular formula is C11H16O2. The lowest BCUT2D eigenvalue weighted by Gasteiger charge is -2.11. The number of methoxy groups -OCH3 is 1. The molecule has 1 unspecified atom stereocenters. The van der Waals surface area contributed by atoms with E-state index in [2.05, 4.69) is 12.1 Å². The Hall–Kier alpha value is -0.860. The summed E-state index contributed by atoms with van der Waals surface area (Å²) in [5.74, 6) is 0. The van der Waals surface area contributed by atoms with Crippen molar-refractivity contribution in [2.75, 3.05) is 13.7 Å². The van der Waals surface area contributed by atoms with Gasteiger partial charge in [0.15, 0.2) is 0 Å². The monoisotopic (exact) mass is 180 g/mol. The zero-order valence-electron chi connectivity index (χ0n) is 8.19. The molecular weight excluding hydrogens is 164 g/mol. The normalized spacial score (nSPS) is 12.8. The number of hydrogen-bond acceptors (Lipinski definition) is 2. The number of benzene rings is 1. The SMILES string of the molecule is COCC(C)OCc1ccccc1. The summed E-state index contributed by atoms with van der Waals surface area (Å²) in [6.07, 6.45) is 0.158. The van der Waals surface area contributed by atoms with Crippen molar-refractivity contribution in [3.8, 4) is 0 Å². The Kier molecular flexibility index (Phi) is 4.50. The van der Waals surface area contributed by atoms with Gasteiger partial charge in [-0.3, -0.25) is 0 Å². The molecule has 0 amide bonds. The minimum Gasteiger partial charge on any atom is -0.382 e. The first kappa shape index (κ1) is 10.2. The van der Waals surface area contributed by atoms with E-state index in [1.165, 1.54) is 5.56 Å². The quantitative estimate of drug-likeness (QED) is 0.691. The standard InChI is InChI=1S/C11H16O2/c1-10(8-12-2)13-9-11-6-4-3-5-7-11/h3-7,10H,8-9H2,1-2H3. The highest BCUT2D eigenvalue weighted by Crippen LogP contribution is 2.02. The van der Waals surface area contributed by atoms with Gasteiger partial charge in [-0.1, -0.05) is 30.3 Å². The van der Waals surface area contributed by atoms with Crippen LogP contribution in [0.4, 0.5) is 0 Å². The smallest absolute Gasteiger partial charge is 0.0784 e. The molecule has 2 heteroatoms. The molecule has 0 aromatic heterocycles. The topological polar surface area (TPSA) is 18.5 Å². The van der Waals surface area contributed by atoms with Gasteiger partial charge >= 0.3 is 0 Å². The third kappa shape index (κ3) is 4.06. The molecule has 0 radical (unpaired) electrons. The summed E-state index contributed by atoms with van der Waals surface area (Å²) in [5, 5.41) is 0. The van der Waals surface area contributed by atoms with Gasteiger partial charge in [0.25, 0.3) is 0 Å². The first-order chi connectivity index (χ1) is 6.33. The van der Waals surface area contributed by atoms with E-state index in [1.54, 1.807) is 7.11 Å². The Labute approximate surface area is 79.5 Å². The molecule has 0 aliphatic heterocycles. The summed E-state index contributed by atoms with van der Waals surface area (Å²) in [6.45, 7) is 3.31. The van der Waals surface area contributed by atoms with Gasteiger partial charge in [0, 0.05) is 7.11 Å². The fourth-order valence-electron chi connectivity index (χ4n) is 1.10. The van der Waals surface area contributed by atoms with Crippen LogP contribution in [0, 0.1) is 0 Å². The second-order valence-electron chi connectivity index (χ2n) is 3.06. The van der Waals surface area contributed by atoms with Crippen molar-refractivity contribution >= 4 is 0 Å². The summed E-state index contributed by atoms with van der Waals surface area (Å²) in [7, 11) is 1.68. The van der Waals surface area contributed by atoms with E-state index in [9.17, 15) is 0 Å². The molecule has 0 heterocycles. The third-order valence-electron chi connectivity index (χ3n) is 1.78. The average molecular weight is 180 g/mol. The van der Waals surface area contributed by atoms with Gasteiger partial charge in [-0.05, 0) is 12.5 Å². The molecule has 0 bridgehead atoms. The Bertz CT molecular complexity index is 221. The first-order valence-corrected chi connectivity index (χ1v) is 4.47. The van der Waals surface area contributed by atoms with Crippen molar-refractivity contribution in [1.82, 2.24) is 0 Å². The first-order valence-electron chi connectivity index (χ1n) is 4.47. The molecule has 0 saturated carbocycles. The van der Waals surface area contributed by atoms with Crippen LogP contribution in [0.3, 0.4) is 0 Å². The minimum absolute atomic E-state index is 0.158. The number of rotatable bonds is 5. The lowest BCUT2D eigenvalue weighted by Crippen LogP contribution is -2.14. The van der Waals surface area contributed by atoms with Gasteiger partial charge in [-0.15, -0.1) is 0 Å². The van der Waals surface area contributed by atoms with E-state index in [1.807, 2.05) is 25.1 Å². The maximum Gasteiger partial charge on any atom is 0.0784 e. The van der Waals surface area contributed by atoms with Crippen LogP contribution in [0.2, 0.25) is 0 Å². The van der Waals surface area contributed by atoms with Crippen molar-refractivity contribution in [1.29, 1.82) is 0 Å². The van der Waals surface area contributed by atoms with Crippen LogP contribution in [0.5, 0.6) is 0 Å². The molecule has 0 aliphatic rings. The highest BCUT2D eigenvalue weighted by Gasteiger charge is 2.00. The second kappa shape index (κ2) is 5.73. The zero-order chi connectivity index (χ0) is 9.52. The molecule has 0 spiro atoms. The van der Waals surface area contributed by atoms with Crippen molar-refractivity contribution in [2.24, 2.45) is 0 Å². The maximum absolute atomic E-state index is 5.54. The van der Waals surface area contributed by atoms with Gasteiger partial charge < -0.3 is 9.47 Å². The van der Waals surface area contributed by atoms with Crippen LogP contribution in [0.25, 0.3) is 0 Å². The molecule has 1 aromatic carbocycles. The molecule has 0 N–H and O–H groups in total. The van der Waals surface area contributed by atoms with Gasteiger partial charge in [0.2, 0.25) is 0 Å². The fraction of sp³-hybridized carbons (Fsp3) is 0.455. The summed E-state index contributed by atoms with van der Waals surface area (Å²) in [4.78, 5) is 0.